The van der Waals surface area contributed by atoms with Crippen LogP contribution in [0, 0.1) is 15.9 Å². The Morgan fingerprint density at radius 3 is 2.72 bits per heavy atom. The summed E-state index contributed by atoms with van der Waals surface area (Å²) >= 11 is 0. The number of halogens is 1. The minimum atomic E-state index is -0.645. The predicted octanol–water partition coefficient (Wildman–Crippen LogP) is 2.50. The van der Waals surface area contributed by atoms with Crippen LogP contribution in [-0.4, -0.2) is 9.91 Å². The lowest BCUT2D eigenvalue weighted by Crippen LogP contribution is -1.99. The molecule has 0 fully saturated rings. The zero-order valence-corrected chi connectivity index (χ0v) is 9.04. The highest BCUT2D eigenvalue weighted by molar-refractivity contribution is 5.53. The van der Waals surface area contributed by atoms with E-state index in [4.69, 9.17) is 10.5 Å². The first-order valence-corrected chi connectivity index (χ1v) is 4.90. The van der Waals surface area contributed by atoms with E-state index in [2.05, 4.69) is 4.98 Å². The van der Waals surface area contributed by atoms with Gasteiger partial charge in [-0.15, -0.1) is 0 Å². The number of hydrogen-bond acceptors (Lipinski definition) is 5. The second kappa shape index (κ2) is 4.66. The average Bonchev–Trinajstić information content (AvgIpc) is 2.28. The van der Waals surface area contributed by atoms with Gasteiger partial charge in [0, 0.05) is 18.2 Å². The first-order chi connectivity index (χ1) is 8.56. The molecule has 1 aromatic heterocycles. The van der Waals surface area contributed by atoms with Crippen LogP contribution < -0.4 is 10.5 Å². The molecule has 1 aromatic carbocycles. The van der Waals surface area contributed by atoms with E-state index in [1.165, 1.54) is 36.4 Å². The highest BCUT2D eigenvalue weighted by atomic mass is 19.1. The summed E-state index contributed by atoms with van der Waals surface area (Å²) in [7, 11) is 0. The Labute approximate surface area is 101 Å². The molecule has 0 radical (unpaired) electrons. The van der Waals surface area contributed by atoms with Crippen molar-refractivity contribution in [2.24, 2.45) is 0 Å². The largest absolute Gasteiger partial charge is 0.439 e. The number of rotatable bonds is 3. The average molecular weight is 249 g/mol. The lowest BCUT2D eigenvalue weighted by molar-refractivity contribution is -0.384. The number of ether oxygens (including phenoxy) is 1. The van der Waals surface area contributed by atoms with Crippen LogP contribution in [0.3, 0.4) is 0 Å². The van der Waals surface area contributed by atoms with Crippen molar-refractivity contribution < 1.29 is 14.1 Å². The predicted molar refractivity (Wildman–Crippen MR) is 61.8 cm³/mol. The topological polar surface area (TPSA) is 91.3 Å². The summed E-state index contributed by atoms with van der Waals surface area (Å²) in [4.78, 5) is 13.6. The summed E-state index contributed by atoms with van der Waals surface area (Å²) in [6, 6.07) is 7.90. The van der Waals surface area contributed by atoms with E-state index in [9.17, 15) is 14.5 Å². The fourth-order valence-electron chi connectivity index (χ4n) is 1.31. The number of nitro groups is 1. The van der Waals surface area contributed by atoms with Crippen molar-refractivity contribution in [1.29, 1.82) is 0 Å². The van der Waals surface area contributed by atoms with Crippen LogP contribution in [0.4, 0.5) is 15.9 Å². The molecule has 0 saturated carbocycles. The quantitative estimate of drug-likeness (QED) is 0.666. The summed E-state index contributed by atoms with van der Waals surface area (Å²) in [5, 5.41) is 10.5. The Hall–Kier alpha value is -2.70. The molecule has 0 bridgehead atoms. The van der Waals surface area contributed by atoms with Crippen LogP contribution in [0.2, 0.25) is 0 Å². The zero-order chi connectivity index (χ0) is 13.1. The molecule has 0 aliphatic heterocycles. The molecule has 0 atom stereocenters. The molecule has 0 aliphatic rings. The smallest absolute Gasteiger partial charge is 0.311 e. The number of pyridine rings is 1. The Morgan fingerprint density at radius 1 is 1.33 bits per heavy atom. The fourth-order valence-corrected chi connectivity index (χ4v) is 1.31. The van der Waals surface area contributed by atoms with E-state index in [1.807, 2.05) is 0 Å². The van der Waals surface area contributed by atoms with Crippen molar-refractivity contribution in [2.45, 2.75) is 0 Å². The lowest BCUT2D eigenvalue weighted by atomic mass is 10.3. The van der Waals surface area contributed by atoms with E-state index < -0.39 is 10.7 Å². The maximum atomic E-state index is 12.9. The number of benzene rings is 1. The molecule has 6 nitrogen and oxygen atoms in total. The van der Waals surface area contributed by atoms with Crippen LogP contribution in [0.25, 0.3) is 0 Å². The van der Waals surface area contributed by atoms with Crippen LogP contribution in [0.1, 0.15) is 0 Å². The first kappa shape index (κ1) is 11.8. The second-order valence-corrected chi connectivity index (χ2v) is 3.37. The van der Waals surface area contributed by atoms with Gasteiger partial charge in [0.15, 0.2) is 0 Å². The van der Waals surface area contributed by atoms with Gasteiger partial charge in [-0.05, 0) is 12.1 Å². The van der Waals surface area contributed by atoms with Crippen LogP contribution in [0.5, 0.6) is 11.6 Å². The van der Waals surface area contributed by atoms with Crippen molar-refractivity contribution in [3.63, 3.8) is 0 Å². The van der Waals surface area contributed by atoms with Crippen molar-refractivity contribution >= 4 is 11.5 Å². The van der Waals surface area contributed by atoms with E-state index >= 15 is 0 Å². The maximum Gasteiger partial charge on any atom is 0.311 e. The third-order valence-electron chi connectivity index (χ3n) is 2.09. The zero-order valence-electron chi connectivity index (χ0n) is 9.04. The fraction of sp³-hybridized carbons (Fsp3) is 0. The molecule has 2 N–H and O–H groups in total. The van der Waals surface area contributed by atoms with Gasteiger partial charge < -0.3 is 10.5 Å². The third kappa shape index (κ3) is 2.51. The van der Waals surface area contributed by atoms with Gasteiger partial charge in [-0.1, -0.05) is 6.07 Å². The number of nitrogens with zero attached hydrogens (tertiary/aromatic N) is 2. The molecule has 1 heterocycles. The minimum Gasteiger partial charge on any atom is -0.439 e. The van der Waals surface area contributed by atoms with Gasteiger partial charge in [0.25, 0.3) is 0 Å². The normalized spacial score (nSPS) is 10.1. The standard InChI is InChI=1S/C11H8FN3O3/c12-7-2-1-3-8(6-7)18-10-5-4-9(15(16)17)11(13)14-10/h1-6H,(H2,13,14). The SMILES string of the molecule is Nc1nc(Oc2cccc(F)c2)ccc1[N+](=O)[O-]. The molecule has 2 rings (SSSR count). The molecule has 7 heteroatoms. The molecule has 0 unspecified atom stereocenters. The number of nitrogen functional groups attached to an aromatic ring is 1. The molecule has 2 aromatic rings. The second-order valence-electron chi connectivity index (χ2n) is 3.37. The molecule has 0 aliphatic carbocycles. The maximum absolute atomic E-state index is 12.9. The monoisotopic (exact) mass is 249 g/mol. The Balaban J connectivity index is 2.25. The van der Waals surface area contributed by atoms with Gasteiger partial charge in [0.2, 0.25) is 11.7 Å². The van der Waals surface area contributed by atoms with Gasteiger partial charge >= 0.3 is 5.69 Å². The summed E-state index contributed by atoms with van der Waals surface area (Å²) in [5.41, 5.74) is 5.09. The van der Waals surface area contributed by atoms with Gasteiger partial charge in [-0.3, -0.25) is 10.1 Å². The van der Waals surface area contributed by atoms with Crippen molar-refractivity contribution in [2.75, 3.05) is 5.73 Å². The Morgan fingerprint density at radius 2 is 2.11 bits per heavy atom. The van der Waals surface area contributed by atoms with Crippen molar-refractivity contribution in [1.82, 2.24) is 4.98 Å². The van der Waals surface area contributed by atoms with Crippen molar-refractivity contribution in [3.05, 3.63) is 52.3 Å². The van der Waals surface area contributed by atoms with E-state index in [1.54, 1.807) is 0 Å². The van der Waals surface area contributed by atoms with E-state index in [0.29, 0.717) is 0 Å². The van der Waals surface area contributed by atoms with E-state index in [-0.39, 0.29) is 23.1 Å². The Kier molecular flexibility index (Phi) is 3.05. The minimum absolute atomic E-state index is 0.0590. The number of anilines is 1. The van der Waals surface area contributed by atoms with Gasteiger partial charge in [0.05, 0.1) is 4.92 Å². The molecular formula is C11H8FN3O3. The summed E-state index contributed by atoms with van der Waals surface area (Å²) in [6.45, 7) is 0. The molecule has 0 saturated heterocycles. The number of nitrogens with two attached hydrogens (primary N) is 1. The highest BCUT2D eigenvalue weighted by Gasteiger charge is 2.13. The van der Waals surface area contributed by atoms with Crippen molar-refractivity contribution in [3.8, 4) is 11.6 Å². The molecular weight excluding hydrogens is 241 g/mol. The Bertz CT molecular complexity index is 604. The van der Waals surface area contributed by atoms with Crippen LogP contribution in [-0.2, 0) is 0 Å². The third-order valence-corrected chi connectivity index (χ3v) is 2.09. The lowest BCUT2D eigenvalue weighted by Gasteiger charge is -2.05. The highest BCUT2D eigenvalue weighted by Crippen LogP contribution is 2.25. The molecule has 18 heavy (non-hydrogen) atoms. The number of hydrogen-bond donors (Lipinski definition) is 1. The molecule has 0 spiro atoms. The summed E-state index contributed by atoms with van der Waals surface area (Å²) < 4.78 is 18.1. The number of aromatic nitrogens is 1. The van der Waals surface area contributed by atoms with Gasteiger partial charge in [-0.2, -0.15) is 4.98 Å². The summed E-state index contributed by atoms with van der Waals surface area (Å²) in [5.74, 6) is -0.421. The van der Waals surface area contributed by atoms with Gasteiger partial charge in [0.1, 0.15) is 11.6 Å². The van der Waals surface area contributed by atoms with Gasteiger partial charge in [-0.25, -0.2) is 4.39 Å². The first-order valence-electron chi connectivity index (χ1n) is 4.90. The summed E-state index contributed by atoms with van der Waals surface area (Å²) in [6.07, 6.45) is 0. The molecule has 0 amide bonds. The van der Waals surface area contributed by atoms with Crippen LogP contribution >= 0.6 is 0 Å². The van der Waals surface area contributed by atoms with Crippen LogP contribution in [0.15, 0.2) is 36.4 Å². The molecule has 92 valence electrons. The van der Waals surface area contributed by atoms with E-state index in [0.717, 1.165) is 0 Å².